The van der Waals surface area contributed by atoms with Crippen molar-refractivity contribution in [3.63, 3.8) is 0 Å². The van der Waals surface area contributed by atoms with E-state index in [-0.39, 0.29) is 6.54 Å². The molecule has 1 heterocycles. The number of hydrogen-bond acceptors (Lipinski definition) is 4. The zero-order valence-corrected chi connectivity index (χ0v) is 10.8. The molecule has 0 saturated heterocycles. The molecule has 90 valence electrons. The zero-order valence-electron chi connectivity index (χ0n) is 9.19. The number of hydrogen-bond donors (Lipinski definition) is 2. The lowest BCUT2D eigenvalue weighted by atomic mass is 10.3. The summed E-state index contributed by atoms with van der Waals surface area (Å²) >= 11 is 1.41. The van der Waals surface area contributed by atoms with Gasteiger partial charge < -0.3 is 5.73 Å². The Morgan fingerprint density at radius 3 is 2.81 bits per heavy atom. The molecule has 0 aromatic carbocycles. The summed E-state index contributed by atoms with van der Waals surface area (Å²) in [4.78, 5) is 1.13. The lowest BCUT2D eigenvalue weighted by Gasteiger charge is -2.07. The number of aryl methyl sites for hydroxylation is 1. The predicted octanol–water partition coefficient (Wildman–Crippen LogP) is 1.20. The normalized spacial score (nSPS) is 16.6. The third-order valence-corrected chi connectivity index (χ3v) is 5.61. The fraction of sp³-hybridized carbons (Fsp3) is 0.600. The van der Waals surface area contributed by atoms with Gasteiger partial charge in [0.2, 0.25) is 10.0 Å². The first-order valence-corrected chi connectivity index (χ1v) is 7.67. The molecule has 16 heavy (non-hydrogen) atoms. The van der Waals surface area contributed by atoms with E-state index in [9.17, 15) is 8.42 Å². The van der Waals surface area contributed by atoms with Gasteiger partial charge in [0, 0.05) is 18.0 Å². The molecule has 2 rings (SSSR count). The van der Waals surface area contributed by atoms with Crippen LogP contribution in [0.5, 0.6) is 0 Å². The van der Waals surface area contributed by atoms with Crippen LogP contribution >= 0.6 is 11.3 Å². The third kappa shape index (κ3) is 2.45. The Bertz CT molecular complexity index is 475. The second-order valence-electron chi connectivity index (χ2n) is 4.17. The Hall–Kier alpha value is -0.430. The molecular formula is C10H16N2O2S2. The highest BCUT2D eigenvalue weighted by molar-refractivity contribution is 7.89. The lowest BCUT2D eigenvalue weighted by Crippen LogP contribution is -2.27. The van der Waals surface area contributed by atoms with Crippen molar-refractivity contribution in [2.24, 2.45) is 11.7 Å². The topological polar surface area (TPSA) is 72.2 Å². The summed E-state index contributed by atoms with van der Waals surface area (Å²) in [5, 5.41) is 1.84. The second-order valence-corrected chi connectivity index (χ2v) is 6.84. The summed E-state index contributed by atoms with van der Waals surface area (Å²) in [5.74, 6) is 0.537. The minimum absolute atomic E-state index is 0.276. The average Bonchev–Trinajstić information content (AvgIpc) is 2.98. The van der Waals surface area contributed by atoms with E-state index in [1.165, 1.54) is 11.3 Å². The molecule has 1 aromatic rings. The molecule has 1 aromatic heterocycles. The standard InChI is InChI=1S/C10H16N2O2S2/c1-7-6-15-9(4-11)10(7)16(13,14)12-5-8-2-3-8/h6,8,12H,2-5,11H2,1H3. The molecule has 1 aliphatic carbocycles. The van der Waals surface area contributed by atoms with E-state index in [4.69, 9.17) is 5.73 Å². The minimum Gasteiger partial charge on any atom is -0.326 e. The van der Waals surface area contributed by atoms with Gasteiger partial charge in [-0.05, 0) is 36.6 Å². The Kier molecular flexibility index (Phi) is 3.34. The van der Waals surface area contributed by atoms with Gasteiger partial charge in [-0.3, -0.25) is 0 Å². The number of nitrogens with one attached hydrogen (secondary N) is 1. The van der Waals surface area contributed by atoms with Crippen LogP contribution in [0.2, 0.25) is 0 Å². The van der Waals surface area contributed by atoms with Crippen LogP contribution in [0.3, 0.4) is 0 Å². The first-order chi connectivity index (χ1) is 7.54. The summed E-state index contributed by atoms with van der Waals surface area (Å²) < 4.78 is 26.8. The van der Waals surface area contributed by atoms with Crippen molar-refractivity contribution < 1.29 is 8.42 Å². The van der Waals surface area contributed by atoms with Crippen LogP contribution in [0.4, 0.5) is 0 Å². The third-order valence-electron chi connectivity index (χ3n) is 2.70. The Morgan fingerprint density at radius 1 is 1.56 bits per heavy atom. The van der Waals surface area contributed by atoms with Crippen molar-refractivity contribution in [3.8, 4) is 0 Å². The zero-order chi connectivity index (χ0) is 11.8. The molecule has 6 heteroatoms. The van der Waals surface area contributed by atoms with Gasteiger partial charge in [-0.1, -0.05) is 0 Å². The van der Waals surface area contributed by atoms with Crippen molar-refractivity contribution >= 4 is 21.4 Å². The van der Waals surface area contributed by atoms with Crippen LogP contribution in [0.15, 0.2) is 10.3 Å². The fourth-order valence-corrected chi connectivity index (χ4v) is 4.43. The Balaban J connectivity index is 2.22. The molecule has 0 unspecified atom stereocenters. The van der Waals surface area contributed by atoms with E-state index < -0.39 is 10.0 Å². The van der Waals surface area contributed by atoms with Gasteiger partial charge in [0.05, 0.1) is 0 Å². The molecule has 0 spiro atoms. The molecule has 0 aliphatic heterocycles. The van der Waals surface area contributed by atoms with Crippen LogP contribution in [-0.2, 0) is 16.6 Å². The van der Waals surface area contributed by atoms with Gasteiger partial charge >= 0.3 is 0 Å². The second kappa shape index (κ2) is 4.44. The van der Waals surface area contributed by atoms with E-state index in [0.717, 1.165) is 23.3 Å². The quantitative estimate of drug-likeness (QED) is 0.835. The highest BCUT2D eigenvalue weighted by Gasteiger charge is 2.26. The van der Waals surface area contributed by atoms with Gasteiger partial charge in [0.1, 0.15) is 4.90 Å². The Labute approximate surface area is 99.9 Å². The van der Waals surface area contributed by atoms with Crippen LogP contribution < -0.4 is 10.5 Å². The maximum atomic E-state index is 12.1. The molecule has 1 aliphatic rings. The van der Waals surface area contributed by atoms with Gasteiger partial charge in [-0.15, -0.1) is 11.3 Å². The molecule has 0 atom stereocenters. The van der Waals surface area contributed by atoms with Crippen molar-refractivity contribution in [3.05, 3.63) is 15.8 Å². The van der Waals surface area contributed by atoms with Crippen molar-refractivity contribution in [2.75, 3.05) is 6.54 Å². The van der Waals surface area contributed by atoms with E-state index in [1.807, 2.05) is 5.38 Å². The first-order valence-electron chi connectivity index (χ1n) is 5.31. The van der Waals surface area contributed by atoms with Crippen molar-refractivity contribution in [1.29, 1.82) is 0 Å². The summed E-state index contributed by atoms with van der Waals surface area (Å²) in [7, 11) is -3.37. The highest BCUT2D eigenvalue weighted by atomic mass is 32.2. The molecule has 0 amide bonds. The fourth-order valence-electron chi connectivity index (χ4n) is 1.61. The molecule has 4 nitrogen and oxygen atoms in total. The van der Waals surface area contributed by atoms with Crippen LogP contribution in [0, 0.1) is 12.8 Å². The molecule has 1 fully saturated rings. The SMILES string of the molecule is Cc1csc(CN)c1S(=O)(=O)NCC1CC1. The van der Waals surface area contributed by atoms with E-state index in [1.54, 1.807) is 6.92 Å². The summed E-state index contributed by atoms with van der Waals surface area (Å²) in [6.45, 7) is 2.64. The number of nitrogens with two attached hydrogens (primary N) is 1. The first kappa shape index (κ1) is 12.0. The summed E-state index contributed by atoms with van der Waals surface area (Å²) in [6, 6.07) is 0. The van der Waals surface area contributed by atoms with Crippen molar-refractivity contribution in [1.82, 2.24) is 4.72 Å². The summed E-state index contributed by atoms with van der Waals surface area (Å²) in [6.07, 6.45) is 2.27. The average molecular weight is 260 g/mol. The van der Waals surface area contributed by atoms with E-state index in [0.29, 0.717) is 17.4 Å². The van der Waals surface area contributed by atoms with Crippen LogP contribution in [0.25, 0.3) is 0 Å². The Morgan fingerprint density at radius 2 is 2.25 bits per heavy atom. The monoisotopic (exact) mass is 260 g/mol. The number of thiophene rings is 1. The van der Waals surface area contributed by atoms with Gasteiger partial charge in [-0.25, -0.2) is 13.1 Å². The van der Waals surface area contributed by atoms with Gasteiger partial charge in [0.25, 0.3) is 0 Å². The smallest absolute Gasteiger partial charge is 0.241 e. The largest absolute Gasteiger partial charge is 0.326 e. The van der Waals surface area contributed by atoms with E-state index in [2.05, 4.69) is 4.72 Å². The number of sulfonamides is 1. The van der Waals surface area contributed by atoms with Gasteiger partial charge in [-0.2, -0.15) is 0 Å². The molecule has 1 saturated carbocycles. The molecule has 0 radical (unpaired) electrons. The van der Waals surface area contributed by atoms with Gasteiger partial charge in [0.15, 0.2) is 0 Å². The maximum Gasteiger partial charge on any atom is 0.241 e. The number of rotatable bonds is 5. The minimum atomic E-state index is -3.37. The van der Waals surface area contributed by atoms with E-state index >= 15 is 0 Å². The summed E-state index contributed by atoms with van der Waals surface area (Å²) in [5.41, 5.74) is 6.33. The van der Waals surface area contributed by atoms with Crippen LogP contribution in [-0.4, -0.2) is 15.0 Å². The molecule has 3 N–H and O–H groups in total. The predicted molar refractivity (Wildman–Crippen MR) is 64.9 cm³/mol. The van der Waals surface area contributed by atoms with Crippen molar-refractivity contribution in [2.45, 2.75) is 31.2 Å². The maximum absolute atomic E-state index is 12.1. The molecular weight excluding hydrogens is 244 g/mol. The molecule has 0 bridgehead atoms. The lowest BCUT2D eigenvalue weighted by molar-refractivity contribution is 0.576. The highest BCUT2D eigenvalue weighted by Crippen LogP contribution is 2.30. The van der Waals surface area contributed by atoms with Crippen LogP contribution in [0.1, 0.15) is 23.3 Å².